The summed E-state index contributed by atoms with van der Waals surface area (Å²) in [5.74, 6) is -2.10. The van der Waals surface area contributed by atoms with Gasteiger partial charge in [0.05, 0.1) is 11.1 Å². The minimum absolute atomic E-state index is 0.190. The Kier molecular flexibility index (Phi) is 5.36. The van der Waals surface area contributed by atoms with Crippen LogP contribution in [0.25, 0.3) is 0 Å². The van der Waals surface area contributed by atoms with Gasteiger partial charge in [-0.25, -0.2) is 19.6 Å². The first-order valence-corrected chi connectivity index (χ1v) is 5.94. The van der Waals surface area contributed by atoms with Gasteiger partial charge in [0.15, 0.2) is 0 Å². The van der Waals surface area contributed by atoms with E-state index in [4.69, 9.17) is 15.9 Å². The monoisotopic (exact) mass is 289 g/mol. The van der Waals surface area contributed by atoms with Crippen molar-refractivity contribution in [2.75, 3.05) is 5.73 Å². The lowest BCUT2D eigenvalue weighted by molar-refractivity contribution is 0.0651. The molecule has 0 aliphatic carbocycles. The van der Waals surface area contributed by atoms with Crippen LogP contribution in [0, 0.1) is 13.8 Å². The van der Waals surface area contributed by atoms with E-state index in [1.165, 1.54) is 24.3 Å². The molecule has 1 aromatic carbocycles. The summed E-state index contributed by atoms with van der Waals surface area (Å²) in [5, 5.41) is 17.1. The summed E-state index contributed by atoms with van der Waals surface area (Å²) in [5.41, 5.74) is 6.79. The molecule has 2 rings (SSSR count). The summed E-state index contributed by atoms with van der Waals surface area (Å²) < 4.78 is 0. The standard InChI is InChI=1S/C8H6O4.C6H9N3/c9-7(10)5-3-1-2-4-6(5)8(11)12;1-4-3-5(2)9-6(7)8-4/h1-4H,(H,9,10)(H,11,12);3H,1-2H3,(H2,7,8,9). The van der Waals surface area contributed by atoms with Gasteiger partial charge in [-0.2, -0.15) is 0 Å². The summed E-state index contributed by atoms with van der Waals surface area (Å²) >= 11 is 0. The number of nitrogen functional groups attached to an aromatic ring is 1. The lowest BCUT2D eigenvalue weighted by Crippen LogP contribution is -2.06. The fourth-order valence-corrected chi connectivity index (χ4v) is 1.61. The van der Waals surface area contributed by atoms with Crippen LogP contribution in [0.4, 0.5) is 5.95 Å². The van der Waals surface area contributed by atoms with Crippen molar-refractivity contribution in [1.29, 1.82) is 0 Å². The lowest BCUT2D eigenvalue weighted by Gasteiger charge is -1.98. The maximum atomic E-state index is 10.5. The number of aromatic carboxylic acids is 2. The van der Waals surface area contributed by atoms with Gasteiger partial charge in [-0.05, 0) is 32.0 Å². The van der Waals surface area contributed by atoms with Crippen LogP contribution in [-0.2, 0) is 0 Å². The van der Waals surface area contributed by atoms with Crippen LogP contribution in [0.3, 0.4) is 0 Å². The molecule has 7 nitrogen and oxygen atoms in total. The maximum Gasteiger partial charge on any atom is 0.336 e. The van der Waals surface area contributed by atoms with Crippen molar-refractivity contribution in [3.63, 3.8) is 0 Å². The Bertz CT molecular complexity index is 588. The molecule has 0 fully saturated rings. The number of aryl methyl sites for hydroxylation is 2. The number of rotatable bonds is 2. The highest BCUT2D eigenvalue weighted by atomic mass is 16.4. The number of carbonyl (C=O) groups is 2. The topological polar surface area (TPSA) is 126 Å². The smallest absolute Gasteiger partial charge is 0.336 e. The van der Waals surface area contributed by atoms with Crippen LogP contribution in [0.2, 0.25) is 0 Å². The van der Waals surface area contributed by atoms with Gasteiger partial charge >= 0.3 is 11.9 Å². The highest BCUT2D eigenvalue weighted by Gasteiger charge is 2.13. The molecule has 0 bridgehead atoms. The quantitative estimate of drug-likeness (QED) is 0.768. The van der Waals surface area contributed by atoms with Crippen LogP contribution < -0.4 is 5.73 Å². The third-order valence-corrected chi connectivity index (χ3v) is 2.39. The maximum absolute atomic E-state index is 10.5. The summed E-state index contributed by atoms with van der Waals surface area (Å²) in [4.78, 5) is 28.7. The van der Waals surface area contributed by atoms with Crippen molar-refractivity contribution in [2.45, 2.75) is 13.8 Å². The zero-order valence-electron chi connectivity index (χ0n) is 11.6. The second-order valence-electron chi connectivity index (χ2n) is 4.16. The summed E-state index contributed by atoms with van der Waals surface area (Å²) in [6, 6.07) is 7.36. The molecule has 0 aliphatic rings. The molecule has 0 spiro atoms. The van der Waals surface area contributed by atoms with Gasteiger partial charge in [-0.3, -0.25) is 0 Å². The molecule has 0 saturated carbocycles. The van der Waals surface area contributed by atoms with E-state index in [1.54, 1.807) is 0 Å². The third-order valence-electron chi connectivity index (χ3n) is 2.39. The molecule has 1 aromatic heterocycles. The van der Waals surface area contributed by atoms with Crippen LogP contribution in [0.15, 0.2) is 30.3 Å². The van der Waals surface area contributed by atoms with Gasteiger partial charge < -0.3 is 15.9 Å². The largest absolute Gasteiger partial charge is 0.478 e. The molecule has 2 aromatic rings. The third kappa shape index (κ3) is 4.90. The Labute approximate surface area is 121 Å². The second kappa shape index (κ2) is 6.99. The van der Waals surface area contributed by atoms with Crippen molar-refractivity contribution < 1.29 is 19.8 Å². The number of nitrogens with two attached hydrogens (primary N) is 1. The minimum Gasteiger partial charge on any atom is -0.478 e. The van der Waals surface area contributed by atoms with E-state index in [1.807, 2.05) is 19.9 Å². The zero-order chi connectivity index (χ0) is 16.0. The van der Waals surface area contributed by atoms with E-state index in [2.05, 4.69) is 9.97 Å². The van der Waals surface area contributed by atoms with Gasteiger partial charge in [-0.1, -0.05) is 12.1 Å². The molecule has 0 saturated heterocycles. The normalized spacial score (nSPS) is 9.43. The molecule has 110 valence electrons. The zero-order valence-corrected chi connectivity index (χ0v) is 11.6. The first-order chi connectivity index (χ1) is 9.81. The van der Waals surface area contributed by atoms with Crippen LogP contribution in [0.1, 0.15) is 32.1 Å². The molecule has 4 N–H and O–H groups in total. The van der Waals surface area contributed by atoms with Gasteiger partial charge in [0.1, 0.15) is 0 Å². The van der Waals surface area contributed by atoms with E-state index in [-0.39, 0.29) is 11.1 Å². The SMILES string of the molecule is Cc1cc(C)nc(N)n1.O=C(O)c1ccccc1C(=O)O. The number of benzene rings is 1. The van der Waals surface area contributed by atoms with E-state index in [0.29, 0.717) is 5.95 Å². The predicted molar refractivity (Wildman–Crippen MR) is 76.3 cm³/mol. The van der Waals surface area contributed by atoms with Crippen molar-refractivity contribution in [2.24, 2.45) is 0 Å². The van der Waals surface area contributed by atoms with Crippen molar-refractivity contribution in [3.05, 3.63) is 52.8 Å². The Morgan fingerprint density at radius 2 is 1.33 bits per heavy atom. The van der Waals surface area contributed by atoms with Crippen molar-refractivity contribution in [3.8, 4) is 0 Å². The number of hydrogen-bond acceptors (Lipinski definition) is 5. The van der Waals surface area contributed by atoms with Crippen molar-refractivity contribution in [1.82, 2.24) is 9.97 Å². The number of aromatic nitrogens is 2. The number of nitrogens with zero attached hydrogens (tertiary/aromatic N) is 2. The Morgan fingerprint density at radius 1 is 0.952 bits per heavy atom. The first kappa shape index (κ1) is 16.1. The fraction of sp³-hybridized carbons (Fsp3) is 0.143. The number of carboxylic acid groups (broad SMARTS) is 2. The number of anilines is 1. The highest BCUT2D eigenvalue weighted by Crippen LogP contribution is 2.07. The summed E-state index contributed by atoms with van der Waals surface area (Å²) in [6.07, 6.45) is 0. The van der Waals surface area contributed by atoms with E-state index in [9.17, 15) is 9.59 Å². The molecule has 0 radical (unpaired) electrons. The number of carboxylic acids is 2. The molecular weight excluding hydrogens is 274 g/mol. The molecular formula is C14H15N3O4. The first-order valence-electron chi connectivity index (χ1n) is 5.94. The molecule has 0 amide bonds. The van der Waals surface area contributed by atoms with Crippen LogP contribution >= 0.6 is 0 Å². The fourth-order valence-electron chi connectivity index (χ4n) is 1.61. The predicted octanol–water partition coefficient (Wildman–Crippen LogP) is 1.76. The molecule has 1 heterocycles. The second-order valence-corrected chi connectivity index (χ2v) is 4.16. The summed E-state index contributed by atoms with van der Waals surface area (Å²) in [7, 11) is 0. The van der Waals surface area contributed by atoms with Crippen LogP contribution in [-0.4, -0.2) is 32.1 Å². The lowest BCUT2D eigenvalue weighted by atomic mass is 10.1. The van der Waals surface area contributed by atoms with Gasteiger partial charge in [-0.15, -0.1) is 0 Å². The molecule has 21 heavy (non-hydrogen) atoms. The van der Waals surface area contributed by atoms with Gasteiger partial charge in [0, 0.05) is 11.4 Å². The number of hydrogen-bond donors (Lipinski definition) is 3. The Balaban J connectivity index is 0.000000219. The molecule has 0 atom stereocenters. The summed E-state index contributed by atoms with van der Waals surface area (Å²) in [6.45, 7) is 3.79. The molecule has 0 unspecified atom stereocenters. The van der Waals surface area contributed by atoms with Crippen molar-refractivity contribution >= 4 is 17.9 Å². The van der Waals surface area contributed by atoms with E-state index >= 15 is 0 Å². The molecule has 0 aliphatic heterocycles. The Hall–Kier alpha value is -2.96. The average molecular weight is 289 g/mol. The average Bonchev–Trinajstić information content (AvgIpc) is 2.37. The van der Waals surface area contributed by atoms with Gasteiger partial charge in [0.25, 0.3) is 0 Å². The molecule has 7 heteroatoms. The van der Waals surface area contributed by atoms with Gasteiger partial charge in [0.2, 0.25) is 5.95 Å². The van der Waals surface area contributed by atoms with E-state index < -0.39 is 11.9 Å². The minimum atomic E-state index is -1.23. The Morgan fingerprint density at radius 3 is 1.62 bits per heavy atom. The van der Waals surface area contributed by atoms with E-state index in [0.717, 1.165) is 11.4 Å². The highest BCUT2D eigenvalue weighted by molar-refractivity contribution is 6.01. The van der Waals surface area contributed by atoms with Crippen LogP contribution in [0.5, 0.6) is 0 Å².